The van der Waals surface area contributed by atoms with Crippen molar-refractivity contribution in [1.29, 1.82) is 0 Å². The Hall–Kier alpha value is -2.21. The number of hydrogen-bond donors (Lipinski definition) is 2. The second kappa shape index (κ2) is 5.05. The zero-order valence-electron chi connectivity index (χ0n) is 10.3. The number of benzene rings is 1. The molecule has 3 rings (SSSR count). The molecule has 1 aromatic carbocycles. The lowest BCUT2D eigenvalue weighted by molar-refractivity contribution is -0.115. The van der Waals surface area contributed by atoms with Gasteiger partial charge in [0.25, 0.3) is 5.91 Å². The molecule has 6 heteroatoms. The second-order valence-corrected chi connectivity index (χ2v) is 5.24. The fraction of sp³-hybridized carbons (Fsp3) is 0.0714. The molecule has 20 heavy (non-hydrogen) atoms. The molecule has 0 saturated heterocycles. The normalized spacial score (nSPS) is 12.8. The first-order chi connectivity index (χ1) is 9.63. The lowest BCUT2D eigenvalue weighted by Gasteiger charge is -2.07. The molecule has 1 aliphatic heterocycles. The minimum atomic E-state index is -0.270. The second-order valence-electron chi connectivity index (χ2n) is 4.38. The molecule has 1 aliphatic rings. The number of rotatable bonds is 2. The number of nitrogens with one attached hydrogen (secondary N) is 2. The van der Waals surface area contributed by atoms with Crippen molar-refractivity contribution in [2.75, 3.05) is 10.6 Å². The number of fused-ring (bicyclic) bond motifs is 1. The molecule has 0 radical (unpaired) electrons. The summed E-state index contributed by atoms with van der Waals surface area (Å²) in [4.78, 5) is 27.5. The van der Waals surface area contributed by atoms with Crippen LogP contribution in [0.15, 0.2) is 41.0 Å². The number of hydrogen-bond acceptors (Lipinski definition) is 3. The summed E-state index contributed by atoms with van der Waals surface area (Å²) in [6.45, 7) is 0. The summed E-state index contributed by atoms with van der Waals surface area (Å²) in [7, 11) is 0. The number of aromatic nitrogens is 1. The van der Waals surface area contributed by atoms with Crippen molar-refractivity contribution in [3.63, 3.8) is 0 Å². The van der Waals surface area contributed by atoms with E-state index in [1.807, 2.05) is 0 Å². The molecule has 2 N–H and O–H groups in total. The fourth-order valence-corrected chi connectivity index (χ4v) is 2.37. The Morgan fingerprint density at radius 3 is 3.00 bits per heavy atom. The maximum absolute atomic E-state index is 12.2. The SMILES string of the molecule is O=C1Cc2ccc(C(=O)Nc3ncccc3Br)cc2N1. The number of anilines is 2. The van der Waals surface area contributed by atoms with E-state index in [1.165, 1.54) is 0 Å². The van der Waals surface area contributed by atoms with Crippen LogP contribution in [-0.2, 0) is 11.2 Å². The topological polar surface area (TPSA) is 71.1 Å². The van der Waals surface area contributed by atoms with Crippen LogP contribution < -0.4 is 10.6 Å². The van der Waals surface area contributed by atoms with E-state index >= 15 is 0 Å². The van der Waals surface area contributed by atoms with Crippen molar-refractivity contribution in [2.45, 2.75) is 6.42 Å². The molecule has 2 amide bonds. The Balaban J connectivity index is 1.84. The highest BCUT2D eigenvalue weighted by atomic mass is 79.9. The third kappa shape index (κ3) is 2.42. The minimum absolute atomic E-state index is 0.0509. The van der Waals surface area contributed by atoms with Gasteiger partial charge in [-0.15, -0.1) is 0 Å². The zero-order valence-corrected chi connectivity index (χ0v) is 11.9. The lowest BCUT2D eigenvalue weighted by atomic mass is 10.1. The number of amides is 2. The van der Waals surface area contributed by atoms with Gasteiger partial charge < -0.3 is 10.6 Å². The average molecular weight is 332 g/mol. The summed E-state index contributed by atoms with van der Waals surface area (Å²) in [6.07, 6.45) is 1.96. The van der Waals surface area contributed by atoms with Crippen LogP contribution in [0.25, 0.3) is 0 Å². The first kappa shape index (κ1) is 12.8. The number of nitrogens with zero attached hydrogens (tertiary/aromatic N) is 1. The molecular formula is C14H10BrN3O2. The number of halogens is 1. The number of pyridine rings is 1. The predicted molar refractivity (Wildman–Crippen MR) is 78.7 cm³/mol. The Morgan fingerprint density at radius 2 is 2.20 bits per heavy atom. The van der Waals surface area contributed by atoms with Crippen molar-refractivity contribution in [3.05, 3.63) is 52.1 Å². The van der Waals surface area contributed by atoms with Gasteiger partial charge in [0.1, 0.15) is 5.82 Å². The van der Waals surface area contributed by atoms with Gasteiger partial charge in [-0.3, -0.25) is 9.59 Å². The quantitative estimate of drug-likeness (QED) is 0.888. The molecule has 0 saturated carbocycles. The Morgan fingerprint density at radius 1 is 1.35 bits per heavy atom. The van der Waals surface area contributed by atoms with E-state index in [9.17, 15) is 9.59 Å². The molecular weight excluding hydrogens is 322 g/mol. The molecule has 5 nitrogen and oxygen atoms in total. The largest absolute Gasteiger partial charge is 0.326 e. The highest BCUT2D eigenvalue weighted by Crippen LogP contribution is 2.25. The van der Waals surface area contributed by atoms with Crippen LogP contribution in [-0.4, -0.2) is 16.8 Å². The van der Waals surface area contributed by atoms with Crippen molar-refractivity contribution in [3.8, 4) is 0 Å². The van der Waals surface area contributed by atoms with Crippen molar-refractivity contribution >= 4 is 39.2 Å². The minimum Gasteiger partial charge on any atom is -0.326 e. The van der Waals surface area contributed by atoms with Crippen molar-refractivity contribution in [2.24, 2.45) is 0 Å². The van der Waals surface area contributed by atoms with Gasteiger partial charge in [0.05, 0.1) is 10.9 Å². The third-order valence-corrected chi connectivity index (χ3v) is 3.63. The van der Waals surface area contributed by atoms with E-state index in [2.05, 4.69) is 31.5 Å². The smallest absolute Gasteiger partial charge is 0.256 e. The van der Waals surface area contributed by atoms with E-state index in [4.69, 9.17) is 0 Å². The zero-order chi connectivity index (χ0) is 14.1. The lowest BCUT2D eigenvalue weighted by Crippen LogP contribution is -2.13. The van der Waals surface area contributed by atoms with Crippen LogP contribution >= 0.6 is 15.9 Å². The molecule has 0 bridgehead atoms. The van der Waals surface area contributed by atoms with Crippen LogP contribution in [0.1, 0.15) is 15.9 Å². The summed E-state index contributed by atoms with van der Waals surface area (Å²) in [5, 5.41) is 5.44. The number of carbonyl (C=O) groups excluding carboxylic acids is 2. The van der Waals surface area contributed by atoms with Crippen molar-refractivity contribution in [1.82, 2.24) is 4.98 Å². The van der Waals surface area contributed by atoms with Crippen LogP contribution in [0.2, 0.25) is 0 Å². The molecule has 100 valence electrons. The third-order valence-electron chi connectivity index (χ3n) is 2.99. The predicted octanol–water partition coefficient (Wildman–Crippen LogP) is 2.59. The van der Waals surface area contributed by atoms with Crippen LogP contribution in [0.3, 0.4) is 0 Å². The molecule has 0 unspecified atom stereocenters. The first-order valence-electron chi connectivity index (χ1n) is 5.98. The van der Waals surface area contributed by atoms with Crippen LogP contribution in [0, 0.1) is 0 Å². The molecule has 0 aliphatic carbocycles. The van der Waals surface area contributed by atoms with Crippen LogP contribution in [0.4, 0.5) is 11.5 Å². The first-order valence-corrected chi connectivity index (χ1v) is 6.77. The van der Waals surface area contributed by atoms with Gasteiger partial charge in [-0.2, -0.15) is 0 Å². The van der Waals surface area contributed by atoms with Gasteiger partial charge >= 0.3 is 0 Å². The monoisotopic (exact) mass is 331 g/mol. The van der Waals surface area contributed by atoms with E-state index in [-0.39, 0.29) is 11.8 Å². The molecule has 2 aromatic rings. The van der Waals surface area contributed by atoms with E-state index < -0.39 is 0 Å². The fourth-order valence-electron chi connectivity index (χ4n) is 2.01. The van der Waals surface area contributed by atoms with Crippen LogP contribution in [0.5, 0.6) is 0 Å². The number of carbonyl (C=O) groups is 2. The maximum Gasteiger partial charge on any atom is 0.256 e. The van der Waals surface area contributed by atoms with Crippen molar-refractivity contribution < 1.29 is 9.59 Å². The summed E-state index contributed by atoms with van der Waals surface area (Å²) >= 11 is 3.32. The Bertz CT molecular complexity index is 715. The summed E-state index contributed by atoms with van der Waals surface area (Å²) in [5.41, 5.74) is 2.08. The summed E-state index contributed by atoms with van der Waals surface area (Å²) < 4.78 is 0.711. The van der Waals surface area contributed by atoms with Gasteiger partial charge in [-0.25, -0.2) is 4.98 Å². The average Bonchev–Trinajstić information content (AvgIpc) is 2.80. The van der Waals surface area contributed by atoms with E-state index in [0.29, 0.717) is 28.0 Å². The van der Waals surface area contributed by atoms with Gasteiger partial charge in [0.2, 0.25) is 5.91 Å². The van der Waals surface area contributed by atoms with Gasteiger partial charge in [0.15, 0.2) is 0 Å². The highest BCUT2D eigenvalue weighted by Gasteiger charge is 2.19. The molecule has 2 heterocycles. The van der Waals surface area contributed by atoms with Gasteiger partial charge in [-0.05, 0) is 45.8 Å². The van der Waals surface area contributed by atoms with Gasteiger partial charge in [-0.1, -0.05) is 6.07 Å². The molecule has 0 atom stereocenters. The maximum atomic E-state index is 12.2. The van der Waals surface area contributed by atoms with E-state index in [0.717, 1.165) is 5.56 Å². The van der Waals surface area contributed by atoms with E-state index in [1.54, 1.807) is 36.5 Å². The Kier molecular flexibility index (Phi) is 3.23. The molecule has 1 aromatic heterocycles. The Labute approximate surface area is 123 Å². The van der Waals surface area contributed by atoms with Gasteiger partial charge in [0, 0.05) is 17.4 Å². The summed E-state index contributed by atoms with van der Waals surface area (Å²) in [6, 6.07) is 8.73. The standard InChI is InChI=1S/C14H10BrN3O2/c15-10-2-1-5-16-13(10)18-14(20)9-4-3-8-7-12(19)17-11(8)6-9/h1-6H,7H2,(H,17,19)(H,16,18,20). The highest BCUT2D eigenvalue weighted by molar-refractivity contribution is 9.10. The molecule has 0 spiro atoms. The molecule has 0 fully saturated rings. The summed E-state index contributed by atoms with van der Waals surface area (Å²) in [5.74, 6) is 0.139.